The molecule has 0 spiro atoms. The topological polar surface area (TPSA) is 106 Å². The molecule has 1 amide bonds. The molecule has 1 saturated carbocycles. The molecule has 3 aromatic rings. The van der Waals surface area contributed by atoms with E-state index in [-0.39, 0.29) is 52.6 Å². The molecule has 8 nitrogen and oxygen atoms in total. The van der Waals surface area contributed by atoms with Gasteiger partial charge in [-0.1, -0.05) is 11.6 Å². The normalized spacial score (nSPS) is 20.5. The lowest BCUT2D eigenvalue weighted by molar-refractivity contribution is -0.144. The third kappa shape index (κ3) is 4.05. The number of nitrogens with zero attached hydrogens (tertiary/aromatic N) is 5. The van der Waals surface area contributed by atoms with E-state index in [4.69, 9.17) is 11.6 Å². The highest BCUT2D eigenvalue weighted by molar-refractivity contribution is 6.31. The largest absolute Gasteiger partial charge is 0.377 e. The number of alkyl halides is 1. The molecule has 0 saturated heterocycles. The maximum atomic E-state index is 14.8. The van der Waals surface area contributed by atoms with Crippen LogP contribution in [0.15, 0.2) is 24.4 Å². The molecule has 0 radical (unpaired) electrons. The van der Waals surface area contributed by atoms with Gasteiger partial charge in [0.1, 0.15) is 17.8 Å². The van der Waals surface area contributed by atoms with Gasteiger partial charge >= 0.3 is 0 Å². The highest BCUT2D eigenvalue weighted by Crippen LogP contribution is 2.35. The van der Waals surface area contributed by atoms with Gasteiger partial charge in [-0.05, 0) is 48.2 Å². The molecule has 32 heavy (non-hydrogen) atoms. The van der Waals surface area contributed by atoms with E-state index in [1.807, 2.05) is 0 Å². The van der Waals surface area contributed by atoms with Gasteiger partial charge in [-0.3, -0.25) is 9.78 Å². The maximum Gasteiger partial charge on any atom is 0.255 e. The minimum absolute atomic E-state index is 0.00559. The smallest absolute Gasteiger partial charge is 0.255 e. The monoisotopic (exact) mass is 466 g/mol. The molecule has 1 aromatic carbocycles. The van der Waals surface area contributed by atoms with Crippen LogP contribution in [0.1, 0.15) is 25.0 Å². The molecule has 2 aromatic heterocycles. The number of carbonyl (C=O) groups is 1. The fourth-order valence-corrected chi connectivity index (χ4v) is 3.88. The van der Waals surface area contributed by atoms with Crippen LogP contribution in [0.2, 0.25) is 5.02 Å². The van der Waals surface area contributed by atoms with Gasteiger partial charge in [0.15, 0.2) is 5.60 Å². The lowest BCUT2D eigenvalue weighted by Gasteiger charge is -2.23. The van der Waals surface area contributed by atoms with Gasteiger partial charge in [0.2, 0.25) is 5.82 Å². The standard InChI is InChI=1S/C20H18ClF3N6O2/c1-30-28-18(27-29-30)17-12(6-11(21)7-14(17)23)10-5-13(22)15(25-8-10)9-26-19(31)20(32)4-2-3-16(20)24/h5-8,16,32H,2-4,9H2,1H3,(H,26,31). The highest BCUT2D eigenvalue weighted by atomic mass is 35.5. The Morgan fingerprint density at radius 1 is 1.34 bits per heavy atom. The van der Waals surface area contributed by atoms with Crippen molar-refractivity contribution >= 4 is 17.5 Å². The van der Waals surface area contributed by atoms with Crippen molar-refractivity contribution in [1.29, 1.82) is 0 Å². The Kier molecular flexibility index (Phi) is 5.87. The summed E-state index contributed by atoms with van der Waals surface area (Å²) < 4.78 is 43.3. The summed E-state index contributed by atoms with van der Waals surface area (Å²) in [6.07, 6.45) is 0.0656. The molecule has 1 aliphatic carbocycles. The molecule has 2 heterocycles. The summed E-state index contributed by atoms with van der Waals surface area (Å²) in [7, 11) is 1.52. The zero-order valence-corrected chi connectivity index (χ0v) is 17.6. The Morgan fingerprint density at radius 3 is 2.75 bits per heavy atom. The molecule has 1 aliphatic rings. The summed E-state index contributed by atoms with van der Waals surface area (Å²) in [6, 6.07) is 3.60. The second-order valence-electron chi connectivity index (χ2n) is 7.53. The molecule has 4 rings (SSSR count). The van der Waals surface area contributed by atoms with E-state index in [0.717, 1.165) is 16.9 Å². The minimum Gasteiger partial charge on any atom is -0.377 e. The Hall–Kier alpha value is -3.05. The van der Waals surface area contributed by atoms with Gasteiger partial charge < -0.3 is 10.4 Å². The van der Waals surface area contributed by atoms with E-state index in [9.17, 15) is 23.1 Å². The fourth-order valence-electron chi connectivity index (χ4n) is 3.68. The number of aryl methyl sites for hydroxylation is 1. The van der Waals surface area contributed by atoms with Gasteiger partial charge in [0.25, 0.3) is 5.91 Å². The van der Waals surface area contributed by atoms with Crippen LogP contribution in [0.3, 0.4) is 0 Å². The number of benzene rings is 1. The van der Waals surface area contributed by atoms with Crippen LogP contribution in [0, 0.1) is 11.6 Å². The van der Waals surface area contributed by atoms with Crippen LogP contribution >= 0.6 is 11.6 Å². The highest BCUT2D eigenvalue weighted by Gasteiger charge is 2.48. The van der Waals surface area contributed by atoms with Gasteiger partial charge in [-0.2, -0.15) is 4.80 Å². The second kappa shape index (κ2) is 8.47. The van der Waals surface area contributed by atoms with E-state index in [1.165, 1.54) is 19.3 Å². The first-order chi connectivity index (χ1) is 15.2. The average Bonchev–Trinajstić information content (AvgIpc) is 3.32. The van der Waals surface area contributed by atoms with Crippen molar-refractivity contribution in [3.8, 4) is 22.5 Å². The lowest BCUT2D eigenvalue weighted by atomic mass is 9.99. The van der Waals surface area contributed by atoms with Crippen molar-refractivity contribution in [2.45, 2.75) is 37.6 Å². The fraction of sp³-hybridized carbons (Fsp3) is 0.350. The van der Waals surface area contributed by atoms with Crippen molar-refractivity contribution in [2.75, 3.05) is 0 Å². The average molecular weight is 467 g/mol. The number of aromatic nitrogens is 5. The zero-order valence-electron chi connectivity index (χ0n) is 16.8. The number of tetrazole rings is 1. The van der Waals surface area contributed by atoms with Crippen LogP contribution in [-0.4, -0.2) is 48.0 Å². The predicted molar refractivity (Wildman–Crippen MR) is 108 cm³/mol. The van der Waals surface area contributed by atoms with Crippen LogP contribution in [0.25, 0.3) is 22.5 Å². The number of amides is 1. The third-order valence-electron chi connectivity index (χ3n) is 5.36. The molecule has 2 atom stereocenters. The third-order valence-corrected chi connectivity index (χ3v) is 5.58. The molecule has 1 fully saturated rings. The van der Waals surface area contributed by atoms with Gasteiger partial charge in [0, 0.05) is 16.8 Å². The molecule has 0 aliphatic heterocycles. The van der Waals surface area contributed by atoms with Gasteiger partial charge in [-0.15, -0.1) is 10.2 Å². The van der Waals surface area contributed by atoms with E-state index in [1.54, 1.807) is 0 Å². The quantitative estimate of drug-likeness (QED) is 0.599. The SMILES string of the molecule is Cn1nnc(-c2c(F)cc(Cl)cc2-c2cnc(CNC(=O)C3(O)CCCC3F)c(F)c2)n1. The second-order valence-corrected chi connectivity index (χ2v) is 7.97. The summed E-state index contributed by atoms with van der Waals surface area (Å²) in [5, 5.41) is 24.1. The van der Waals surface area contributed by atoms with E-state index < -0.39 is 29.3 Å². The number of pyridine rings is 1. The van der Waals surface area contributed by atoms with Crippen LogP contribution in [0.4, 0.5) is 13.2 Å². The molecule has 168 valence electrons. The Morgan fingerprint density at radius 2 is 2.12 bits per heavy atom. The van der Waals surface area contributed by atoms with E-state index in [0.29, 0.717) is 6.42 Å². The number of hydrogen-bond acceptors (Lipinski definition) is 6. The van der Waals surface area contributed by atoms with Crippen molar-refractivity contribution in [3.05, 3.63) is 46.7 Å². The van der Waals surface area contributed by atoms with Gasteiger partial charge in [0.05, 0.1) is 24.8 Å². The molecular weight excluding hydrogens is 449 g/mol. The Labute approximate surface area is 185 Å². The molecule has 2 unspecified atom stereocenters. The maximum absolute atomic E-state index is 14.8. The number of nitrogens with one attached hydrogen (secondary N) is 1. The molecule has 12 heteroatoms. The number of aliphatic hydroxyl groups is 1. The Balaban J connectivity index is 1.61. The Bertz CT molecular complexity index is 1190. The van der Waals surface area contributed by atoms with Crippen molar-refractivity contribution < 1.29 is 23.1 Å². The number of carbonyl (C=O) groups excluding carboxylic acids is 1. The summed E-state index contributed by atoms with van der Waals surface area (Å²) in [6.45, 7) is -0.359. The number of rotatable bonds is 5. The van der Waals surface area contributed by atoms with Crippen molar-refractivity contribution in [2.24, 2.45) is 7.05 Å². The molecule has 0 bridgehead atoms. The summed E-state index contributed by atoms with van der Waals surface area (Å²) in [5.41, 5.74) is -1.89. The van der Waals surface area contributed by atoms with Crippen LogP contribution < -0.4 is 5.32 Å². The van der Waals surface area contributed by atoms with Crippen molar-refractivity contribution in [1.82, 2.24) is 30.5 Å². The number of hydrogen-bond donors (Lipinski definition) is 2. The van der Waals surface area contributed by atoms with Crippen molar-refractivity contribution in [3.63, 3.8) is 0 Å². The number of halogens is 4. The minimum atomic E-state index is -2.12. The van der Waals surface area contributed by atoms with E-state index >= 15 is 0 Å². The van der Waals surface area contributed by atoms with E-state index in [2.05, 4.69) is 25.7 Å². The first-order valence-electron chi connectivity index (χ1n) is 9.72. The summed E-state index contributed by atoms with van der Waals surface area (Å²) in [5.74, 6) is -2.45. The predicted octanol–water partition coefficient (Wildman–Crippen LogP) is 2.74. The summed E-state index contributed by atoms with van der Waals surface area (Å²) >= 11 is 5.99. The lowest BCUT2D eigenvalue weighted by Crippen LogP contribution is -2.50. The van der Waals surface area contributed by atoms with Gasteiger partial charge in [-0.25, -0.2) is 13.2 Å². The first-order valence-corrected chi connectivity index (χ1v) is 10.1. The zero-order chi connectivity index (χ0) is 23.0. The summed E-state index contributed by atoms with van der Waals surface area (Å²) in [4.78, 5) is 17.4. The molecular formula is C20H18ClF3N6O2. The van der Waals surface area contributed by atoms with Crippen LogP contribution in [-0.2, 0) is 18.4 Å². The first kappa shape index (κ1) is 22.2. The molecule has 2 N–H and O–H groups in total. The van der Waals surface area contributed by atoms with Crippen LogP contribution in [0.5, 0.6) is 0 Å².